The molecule has 0 aliphatic rings. The molecule has 0 saturated heterocycles. The molecule has 34 heavy (non-hydrogen) atoms. The van der Waals surface area contributed by atoms with Gasteiger partial charge in [0.25, 0.3) is 11.1 Å². The molecule has 168 valence electrons. The first kappa shape index (κ1) is 21.3. The summed E-state index contributed by atoms with van der Waals surface area (Å²) in [5, 5.41) is 0.519. The van der Waals surface area contributed by atoms with Gasteiger partial charge in [0.05, 0.1) is 27.8 Å². The predicted octanol–water partition coefficient (Wildman–Crippen LogP) is 3.37. The Hall–Kier alpha value is -4.59. The maximum absolute atomic E-state index is 13.0. The number of fused-ring (bicyclic) bond motifs is 2. The number of aryl methyl sites for hydroxylation is 2. The van der Waals surface area contributed by atoms with Crippen molar-refractivity contribution in [1.29, 1.82) is 0 Å². The predicted molar refractivity (Wildman–Crippen MR) is 127 cm³/mol. The molecule has 5 aromatic rings. The number of benzene rings is 2. The van der Waals surface area contributed by atoms with Crippen LogP contribution in [-0.4, -0.2) is 24.9 Å². The number of para-hydroxylation sites is 1. The Bertz CT molecular complexity index is 1680. The van der Waals surface area contributed by atoms with Gasteiger partial charge >= 0.3 is 5.97 Å². The fourth-order valence-electron chi connectivity index (χ4n) is 3.95. The van der Waals surface area contributed by atoms with Crippen molar-refractivity contribution in [3.63, 3.8) is 0 Å². The van der Waals surface area contributed by atoms with E-state index in [9.17, 15) is 14.4 Å². The second-order valence-electron chi connectivity index (χ2n) is 7.89. The first-order valence-corrected chi connectivity index (χ1v) is 10.7. The third-order valence-corrected chi connectivity index (χ3v) is 5.59. The molecule has 0 spiro atoms. The van der Waals surface area contributed by atoms with E-state index in [2.05, 4.69) is 9.97 Å². The normalized spacial score (nSPS) is 11.1. The summed E-state index contributed by atoms with van der Waals surface area (Å²) in [6.45, 7) is 3.45. The van der Waals surface area contributed by atoms with Crippen molar-refractivity contribution in [3.05, 3.63) is 116 Å². The van der Waals surface area contributed by atoms with E-state index in [0.29, 0.717) is 39.3 Å². The fraction of sp³-hybridized carbons (Fsp3) is 0.115. The van der Waals surface area contributed by atoms with Crippen LogP contribution in [0.5, 0.6) is 0 Å². The molecule has 3 heterocycles. The summed E-state index contributed by atoms with van der Waals surface area (Å²) < 4.78 is 8.37. The highest BCUT2D eigenvalue weighted by Crippen LogP contribution is 2.14. The van der Waals surface area contributed by atoms with Crippen LogP contribution in [0.3, 0.4) is 0 Å². The highest BCUT2D eigenvalue weighted by molar-refractivity contribution is 5.89. The molecular weight excluding hydrogens is 432 g/mol. The topological polar surface area (TPSA) is 95.6 Å². The summed E-state index contributed by atoms with van der Waals surface area (Å²) in [5.74, 6) is -0.0126. The van der Waals surface area contributed by atoms with Gasteiger partial charge in [0.15, 0.2) is 0 Å². The molecule has 5 rings (SSSR count). The van der Waals surface area contributed by atoms with Crippen LogP contribution >= 0.6 is 0 Å². The van der Waals surface area contributed by atoms with Crippen molar-refractivity contribution in [2.75, 3.05) is 0 Å². The lowest BCUT2D eigenvalue weighted by molar-refractivity contribution is 0.0467. The first-order chi connectivity index (χ1) is 16.4. The molecule has 0 aliphatic heterocycles. The Balaban J connectivity index is 1.37. The summed E-state index contributed by atoms with van der Waals surface area (Å²) >= 11 is 0. The van der Waals surface area contributed by atoms with Crippen molar-refractivity contribution >= 4 is 22.5 Å². The molecule has 2 aromatic carbocycles. The highest BCUT2D eigenvalue weighted by Gasteiger charge is 2.13. The van der Waals surface area contributed by atoms with E-state index in [0.717, 1.165) is 5.69 Å². The Morgan fingerprint density at radius 3 is 2.47 bits per heavy atom. The number of ether oxygens (including phenoxy) is 1. The maximum atomic E-state index is 13.0. The van der Waals surface area contributed by atoms with Crippen LogP contribution in [0, 0.1) is 13.8 Å². The first-order valence-electron chi connectivity index (χ1n) is 10.7. The molecular formula is C26H20N4O4. The lowest BCUT2D eigenvalue weighted by Crippen LogP contribution is -2.22. The fourth-order valence-corrected chi connectivity index (χ4v) is 3.95. The van der Waals surface area contributed by atoms with Crippen LogP contribution in [0.1, 0.15) is 27.6 Å². The molecule has 0 bridgehead atoms. The average molecular weight is 452 g/mol. The summed E-state index contributed by atoms with van der Waals surface area (Å²) in [7, 11) is 0. The van der Waals surface area contributed by atoms with E-state index >= 15 is 0 Å². The molecule has 8 nitrogen and oxygen atoms in total. The van der Waals surface area contributed by atoms with Gasteiger partial charge in [-0.05, 0) is 62.4 Å². The molecule has 0 aliphatic carbocycles. The van der Waals surface area contributed by atoms with Crippen LogP contribution < -0.4 is 11.1 Å². The Morgan fingerprint density at radius 2 is 1.68 bits per heavy atom. The number of esters is 1. The largest absolute Gasteiger partial charge is 0.456 e. The van der Waals surface area contributed by atoms with Gasteiger partial charge in [-0.2, -0.15) is 0 Å². The van der Waals surface area contributed by atoms with Gasteiger partial charge in [0, 0.05) is 11.8 Å². The van der Waals surface area contributed by atoms with E-state index in [1.165, 1.54) is 15.0 Å². The maximum Gasteiger partial charge on any atom is 0.338 e. The van der Waals surface area contributed by atoms with E-state index in [4.69, 9.17) is 4.74 Å². The molecule has 3 aromatic heterocycles. The Morgan fingerprint density at radius 1 is 0.912 bits per heavy atom. The molecule has 0 N–H and O–H groups in total. The van der Waals surface area contributed by atoms with Crippen LogP contribution in [0.4, 0.5) is 0 Å². The number of aromatic nitrogens is 4. The second-order valence-corrected chi connectivity index (χ2v) is 7.89. The molecule has 0 saturated carbocycles. The standard InChI is InChI=1S/C26H20N4O4/c1-16-6-5-9-23-28-19(14-24(31)29(16)23)15-34-26(33)18-10-12-20(13-11-18)30-17(2)27-22-8-4-3-7-21(22)25(30)32/h3-14H,15H2,1-2H3. The van der Waals surface area contributed by atoms with Crippen molar-refractivity contribution in [2.45, 2.75) is 20.5 Å². The average Bonchev–Trinajstić information content (AvgIpc) is 2.83. The summed E-state index contributed by atoms with van der Waals surface area (Å²) in [5.41, 5.74) is 2.77. The Kier molecular flexibility index (Phi) is 5.25. The van der Waals surface area contributed by atoms with Crippen molar-refractivity contribution in [3.8, 4) is 5.69 Å². The number of hydrogen-bond acceptors (Lipinski definition) is 6. The lowest BCUT2D eigenvalue weighted by Gasteiger charge is -2.11. The number of hydrogen-bond donors (Lipinski definition) is 0. The minimum absolute atomic E-state index is 0.132. The molecule has 0 fully saturated rings. The summed E-state index contributed by atoms with van der Waals surface area (Å²) in [4.78, 5) is 46.8. The van der Waals surface area contributed by atoms with E-state index in [-0.39, 0.29) is 17.7 Å². The number of rotatable bonds is 4. The van der Waals surface area contributed by atoms with Crippen molar-refractivity contribution in [1.82, 2.24) is 18.9 Å². The van der Waals surface area contributed by atoms with Crippen LogP contribution in [0.25, 0.3) is 22.2 Å². The summed E-state index contributed by atoms with van der Waals surface area (Å²) in [6.07, 6.45) is 0. The third-order valence-electron chi connectivity index (χ3n) is 5.59. The molecule has 8 heteroatoms. The minimum Gasteiger partial charge on any atom is -0.456 e. The zero-order chi connectivity index (χ0) is 23.8. The molecule has 0 unspecified atom stereocenters. The van der Waals surface area contributed by atoms with E-state index < -0.39 is 5.97 Å². The van der Waals surface area contributed by atoms with Gasteiger partial charge in [-0.15, -0.1) is 0 Å². The van der Waals surface area contributed by atoms with Gasteiger partial charge < -0.3 is 4.74 Å². The van der Waals surface area contributed by atoms with Gasteiger partial charge in [0.1, 0.15) is 18.1 Å². The zero-order valence-electron chi connectivity index (χ0n) is 18.6. The van der Waals surface area contributed by atoms with Gasteiger partial charge in [-0.25, -0.2) is 14.8 Å². The number of carbonyl (C=O) groups excluding carboxylic acids is 1. The second kappa shape index (κ2) is 8.40. The lowest BCUT2D eigenvalue weighted by atomic mass is 10.2. The summed E-state index contributed by atoms with van der Waals surface area (Å²) in [6, 6.07) is 20.4. The Labute approximate surface area is 193 Å². The van der Waals surface area contributed by atoms with Crippen molar-refractivity contribution < 1.29 is 9.53 Å². The van der Waals surface area contributed by atoms with Gasteiger partial charge in [0.2, 0.25) is 0 Å². The highest BCUT2D eigenvalue weighted by atomic mass is 16.5. The smallest absolute Gasteiger partial charge is 0.338 e. The molecule has 0 amide bonds. The van der Waals surface area contributed by atoms with Crippen LogP contribution in [-0.2, 0) is 11.3 Å². The van der Waals surface area contributed by atoms with Crippen LogP contribution in [0.2, 0.25) is 0 Å². The number of pyridine rings is 1. The minimum atomic E-state index is -0.557. The van der Waals surface area contributed by atoms with Crippen molar-refractivity contribution in [2.24, 2.45) is 0 Å². The number of carbonyl (C=O) groups is 1. The van der Waals surface area contributed by atoms with Gasteiger partial charge in [-0.1, -0.05) is 18.2 Å². The van der Waals surface area contributed by atoms with E-state index in [1.807, 2.05) is 25.1 Å². The van der Waals surface area contributed by atoms with Gasteiger partial charge in [-0.3, -0.25) is 18.6 Å². The number of nitrogens with zero attached hydrogens (tertiary/aromatic N) is 4. The van der Waals surface area contributed by atoms with E-state index in [1.54, 1.807) is 55.5 Å². The van der Waals surface area contributed by atoms with Crippen LogP contribution in [0.15, 0.2) is 82.4 Å². The molecule has 0 atom stereocenters. The zero-order valence-corrected chi connectivity index (χ0v) is 18.6. The quantitative estimate of drug-likeness (QED) is 0.388. The third kappa shape index (κ3) is 3.75. The SMILES string of the molecule is Cc1nc2ccccc2c(=O)n1-c1ccc(C(=O)OCc2cc(=O)n3c(C)cccc3n2)cc1. The molecule has 0 radical (unpaired) electrons. The monoisotopic (exact) mass is 452 g/mol.